The zero-order valence-corrected chi connectivity index (χ0v) is 10.1. The van der Waals surface area contributed by atoms with E-state index in [1.54, 1.807) is 24.6 Å². The molecule has 2 N–H and O–H groups in total. The van der Waals surface area contributed by atoms with Crippen molar-refractivity contribution >= 4 is 11.3 Å². The van der Waals surface area contributed by atoms with E-state index in [-0.39, 0.29) is 6.04 Å². The van der Waals surface area contributed by atoms with Gasteiger partial charge in [0.2, 0.25) is 0 Å². The van der Waals surface area contributed by atoms with Crippen LogP contribution in [0.15, 0.2) is 29.1 Å². The van der Waals surface area contributed by atoms with Crippen molar-refractivity contribution in [2.75, 3.05) is 7.11 Å². The summed E-state index contributed by atoms with van der Waals surface area (Å²) in [7, 11) is 1.63. The van der Waals surface area contributed by atoms with Crippen LogP contribution < -0.4 is 10.5 Å². The van der Waals surface area contributed by atoms with Crippen molar-refractivity contribution in [3.63, 3.8) is 0 Å². The number of nitrogens with two attached hydrogens (primary N) is 1. The van der Waals surface area contributed by atoms with Gasteiger partial charge >= 0.3 is 0 Å². The molecule has 0 aliphatic heterocycles. The van der Waals surface area contributed by atoms with E-state index >= 15 is 0 Å². The van der Waals surface area contributed by atoms with Crippen molar-refractivity contribution in [1.29, 1.82) is 0 Å². The molecule has 0 amide bonds. The van der Waals surface area contributed by atoms with Crippen LogP contribution in [0, 0.1) is 6.92 Å². The van der Waals surface area contributed by atoms with Crippen LogP contribution in [0.5, 0.6) is 5.75 Å². The molecule has 1 atom stereocenters. The van der Waals surface area contributed by atoms with Gasteiger partial charge < -0.3 is 10.5 Å². The SMILES string of the molecule is COc1cccnc1C(N)c1cscc1C. The van der Waals surface area contributed by atoms with Crippen molar-refractivity contribution in [2.45, 2.75) is 13.0 Å². The lowest BCUT2D eigenvalue weighted by Gasteiger charge is -2.14. The Morgan fingerprint density at radius 2 is 2.25 bits per heavy atom. The molecule has 16 heavy (non-hydrogen) atoms. The molecule has 0 saturated carbocycles. The van der Waals surface area contributed by atoms with Gasteiger partial charge in [-0.3, -0.25) is 4.98 Å². The van der Waals surface area contributed by atoms with Gasteiger partial charge in [-0.2, -0.15) is 11.3 Å². The van der Waals surface area contributed by atoms with Crippen LogP contribution in [0.3, 0.4) is 0 Å². The highest BCUT2D eigenvalue weighted by Crippen LogP contribution is 2.29. The predicted octanol–water partition coefficient (Wildman–Crippen LogP) is 2.51. The first-order chi connectivity index (χ1) is 7.74. The Hall–Kier alpha value is -1.39. The highest BCUT2D eigenvalue weighted by Gasteiger charge is 2.17. The third kappa shape index (κ3) is 1.94. The van der Waals surface area contributed by atoms with Gasteiger partial charge in [-0.25, -0.2) is 0 Å². The van der Waals surface area contributed by atoms with Crippen molar-refractivity contribution < 1.29 is 4.74 Å². The molecule has 0 aliphatic rings. The molecule has 2 heterocycles. The zero-order valence-electron chi connectivity index (χ0n) is 9.31. The first-order valence-electron chi connectivity index (χ1n) is 5.01. The van der Waals surface area contributed by atoms with Crippen LogP contribution in [0.25, 0.3) is 0 Å². The third-order valence-corrected chi connectivity index (χ3v) is 3.42. The minimum absolute atomic E-state index is 0.220. The van der Waals surface area contributed by atoms with Crippen molar-refractivity contribution in [3.05, 3.63) is 45.9 Å². The van der Waals surface area contributed by atoms with E-state index in [1.807, 2.05) is 12.1 Å². The molecule has 84 valence electrons. The second-order valence-electron chi connectivity index (χ2n) is 3.58. The number of aryl methyl sites for hydroxylation is 1. The van der Waals surface area contributed by atoms with Gasteiger partial charge in [-0.05, 0) is 40.9 Å². The Morgan fingerprint density at radius 3 is 2.88 bits per heavy atom. The van der Waals surface area contributed by atoms with Crippen LogP contribution in [-0.2, 0) is 0 Å². The lowest BCUT2D eigenvalue weighted by atomic mass is 10.0. The van der Waals surface area contributed by atoms with Gasteiger partial charge in [-0.1, -0.05) is 0 Å². The van der Waals surface area contributed by atoms with E-state index in [0.29, 0.717) is 0 Å². The Balaban J connectivity index is 2.41. The lowest BCUT2D eigenvalue weighted by molar-refractivity contribution is 0.404. The van der Waals surface area contributed by atoms with Crippen LogP contribution >= 0.6 is 11.3 Å². The number of thiophene rings is 1. The highest BCUT2D eigenvalue weighted by atomic mass is 32.1. The van der Waals surface area contributed by atoms with Gasteiger partial charge in [0.15, 0.2) is 0 Å². The van der Waals surface area contributed by atoms with Gasteiger partial charge in [0.05, 0.1) is 13.2 Å². The number of ether oxygens (including phenoxy) is 1. The molecule has 0 bridgehead atoms. The second-order valence-corrected chi connectivity index (χ2v) is 4.32. The van der Waals surface area contributed by atoms with E-state index in [1.165, 1.54) is 5.56 Å². The summed E-state index contributed by atoms with van der Waals surface area (Å²) in [5, 5.41) is 4.15. The minimum Gasteiger partial charge on any atom is -0.495 e. The molecule has 3 nitrogen and oxygen atoms in total. The maximum absolute atomic E-state index is 6.20. The Bertz CT molecular complexity index is 481. The smallest absolute Gasteiger partial charge is 0.142 e. The Kier molecular flexibility index (Phi) is 3.22. The number of aromatic nitrogens is 1. The van der Waals surface area contributed by atoms with Crippen molar-refractivity contribution in [3.8, 4) is 5.75 Å². The lowest BCUT2D eigenvalue weighted by Crippen LogP contribution is -2.14. The largest absolute Gasteiger partial charge is 0.495 e. The van der Waals surface area contributed by atoms with E-state index < -0.39 is 0 Å². The molecular formula is C12H14N2OS. The second kappa shape index (κ2) is 4.63. The summed E-state index contributed by atoms with van der Waals surface area (Å²) in [5.74, 6) is 0.737. The summed E-state index contributed by atoms with van der Waals surface area (Å²) in [6, 6.07) is 3.50. The first-order valence-corrected chi connectivity index (χ1v) is 5.95. The molecule has 0 saturated heterocycles. The normalized spacial score (nSPS) is 12.4. The molecule has 0 radical (unpaired) electrons. The van der Waals surface area contributed by atoms with Gasteiger partial charge in [0.25, 0.3) is 0 Å². The number of hydrogen-bond donors (Lipinski definition) is 1. The quantitative estimate of drug-likeness (QED) is 0.887. The molecule has 2 rings (SSSR count). The van der Waals surface area contributed by atoms with Crippen LogP contribution in [-0.4, -0.2) is 12.1 Å². The molecule has 4 heteroatoms. The summed E-state index contributed by atoms with van der Waals surface area (Å²) in [6.07, 6.45) is 1.74. The molecule has 1 unspecified atom stereocenters. The van der Waals surface area contributed by atoms with E-state index in [9.17, 15) is 0 Å². The van der Waals surface area contributed by atoms with Gasteiger partial charge in [0.1, 0.15) is 11.4 Å². The molecular weight excluding hydrogens is 220 g/mol. The van der Waals surface area contributed by atoms with E-state index in [4.69, 9.17) is 10.5 Å². The molecule has 2 aromatic heterocycles. The first kappa shape index (κ1) is 11.1. The summed E-state index contributed by atoms with van der Waals surface area (Å²) in [6.45, 7) is 2.06. The zero-order chi connectivity index (χ0) is 11.5. The third-order valence-electron chi connectivity index (χ3n) is 2.54. The monoisotopic (exact) mass is 234 g/mol. The minimum atomic E-state index is -0.220. The fraction of sp³-hybridized carbons (Fsp3) is 0.250. The Labute approximate surface area is 98.9 Å². The average molecular weight is 234 g/mol. The van der Waals surface area contributed by atoms with Crippen LogP contribution in [0.2, 0.25) is 0 Å². The molecule has 0 fully saturated rings. The fourth-order valence-corrected chi connectivity index (χ4v) is 2.53. The maximum atomic E-state index is 6.20. The highest BCUT2D eigenvalue weighted by molar-refractivity contribution is 7.08. The summed E-state index contributed by atoms with van der Waals surface area (Å²) < 4.78 is 5.27. The van der Waals surface area contributed by atoms with Crippen LogP contribution in [0.4, 0.5) is 0 Å². The molecule has 0 aromatic carbocycles. The molecule has 2 aromatic rings. The van der Waals surface area contributed by atoms with Gasteiger partial charge in [0, 0.05) is 6.20 Å². The van der Waals surface area contributed by atoms with E-state index in [2.05, 4.69) is 22.7 Å². The summed E-state index contributed by atoms with van der Waals surface area (Å²) >= 11 is 1.65. The summed E-state index contributed by atoms with van der Waals surface area (Å²) in [4.78, 5) is 4.30. The summed E-state index contributed by atoms with van der Waals surface area (Å²) in [5.41, 5.74) is 9.30. The molecule has 0 spiro atoms. The number of rotatable bonds is 3. The molecule has 0 aliphatic carbocycles. The number of nitrogens with zero attached hydrogens (tertiary/aromatic N) is 1. The van der Waals surface area contributed by atoms with Crippen LogP contribution in [0.1, 0.15) is 22.9 Å². The maximum Gasteiger partial charge on any atom is 0.142 e. The van der Waals surface area contributed by atoms with E-state index in [0.717, 1.165) is 17.0 Å². The Morgan fingerprint density at radius 1 is 1.44 bits per heavy atom. The average Bonchev–Trinajstić information content (AvgIpc) is 2.74. The predicted molar refractivity (Wildman–Crippen MR) is 65.9 cm³/mol. The fourth-order valence-electron chi connectivity index (χ4n) is 1.65. The topological polar surface area (TPSA) is 48.1 Å². The van der Waals surface area contributed by atoms with Gasteiger partial charge in [-0.15, -0.1) is 0 Å². The van der Waals surface area contributed by atoms with Crippen molar-refractivity contribution in [1.82, 2.24) is 4.98 Å². The number of hydrogen-bond acceptors (Lipinski definition) is 4. The number of pyridine rings is 1. The number of methoxy groups -OCH3 is 1. The van der Waals surface area contributed by atoms with Crippen molar-refractivity contribution in [2.24, 2.45) is 5.73 Å². The standard InChI is InChI=1S/C12H14N2OS/c1-8-6-16-7-9(8)11(13)12-10(15-2)4-3-5-14-12/h3-7,11H,13H2,1-2H3.